The van der Waals surface area contributed by atoms with Crippen LogP contribution in [0.2, 0.25) is 0 Å². The maximum Gasteiger partial charge on any atom is 0.252 e. The van der Waals surface area contributed by atoms with E-state index in [-0.39, 0.29) is 34.0 Å². The van der Waals surface area contributed by atoms with Gasteiger partial charge in [-0.3, -0.25) is 0 Å². The first-order valence-corrected chi connectivity index (χ1v) is 20.9. The molecule has 0 N–H and O–H groups in total. The predicted molar refractivity (Wildman–Crippen MR) is 213 cm³/mol. The summed E-state index contributed by atoms with van der Waals surface area (Å²) in [4.78, 5) is 5.99. The minimum Gasteiger partial charge on any atom is -0.335 e. The van der Waals surface area contributed by atoms with E-state index in [2.05, 4.69) is 108 Å². The molecule has 3 heteroatoms. The van der Waals surface area contributed by atoms with Crippen LogP contribution in [0.4, 0.5) is 22.7 Å². The molecule has 0 spiro atoms. The van der Waals surface area contributed by atoms with E-state index in [1.165, 1.54) is 88.2 Å². The van der Waals surface area contributed by atoms with Gasteiger partial charge in [0, 0.05) is 33.6 Å². The van der Waals surface area contributed by atoms with Crippen LogP contribution in [0.1, 0.15) is 148 Å². The summed E-state index contributed by atoms with van der Waals surface area (Å²) in [6.45, 7) is 20.8. The Kier molecular flexibility index (Phi) is 5.84. The first kappa shape index (κ1) is 30.9. The summed E-state index contributed by atoms with van der Waals surface area (Å²) in [5.74, 6) is 3.46. The minimum atomic E-state index is 0.0668. The highest BCUT2D eigenvalue weighted by Crippen LogP contribution is 2.68. The molecule has 0 aromatic heterocycles. The van der Waals surface area contributed by atoms with Gasteiger partial charge in [0.05, 0.1) is 11.1 Å². The normalized spacial score (nSPS) is 38.4. The Balaban J connectivity index is 1.22. The highest BCUT2D eigenvalue weighted by molar-refractivity contribution is 7.00. The Morgan fingerprint density at radius 3 is 1.66 bits per heavy atom. The van der Waals surface area contributed by atoms with Crippen molar-refractivity contribution in [3.8, 4) is 0 Å². The zero-order chi connectivity index (χ0) is 34.3. The summed E-state index contributed by atoms with van der Waals surface area (Å²) in [5.41, 5.74) is 17.9. The van der Waals surface area contributed by atoms with E-state index in [4.69, 9.17) is 0 Å². The van der Waals surface area contributed by atoms with Gasteiger partial charge in [-0.25, -0.2) is 0 Å². The molecule has 8 aliphatic rings. The third-order valence-electron chi connectivity index (χ3n) is 17.5. The van der Waals surface area contributed by atoms with Gasteiger partial charge in [-0.2, -0.15) is 0 Å². The molecule has 0 saturated heterocycles. The van der Waals surface area contributed by atoms with E-state index >= 15 is 0 Å². The van der Waals surface area contributed by atoms with E-state index in [0.717, 1.165) is 23.7 Å². The molecule has 0 amide bonds. The number of fused-ring (bicyclic) bond motifs is 12. The predicted octanol–water partition coefficient (Wildman–Crippen LogP) is 9.97. The lowest BCUT2D eigenvalue weighted by molar-refractivity contribution is 0.0577. The summed E-state index contributed by atoms with van der Waals surface area (Å²) in [6.07, 6.45) is 16.8. The van der Waals surface area contributed by atoms with Gasteiger partial charge in [-0.05, 0) is 126 Å². The zero-order valence-corrected chi connectivity index (χ0v) is 32.3. The second-order valence-corrected chi connectivity index (χ2v) is 20.9. The fourth-order valence-electron chi connectivity index (χ4n) is 14.7. The number of para-hydroxylation sites is 1. The van der Waals surface area contributed by atoms with E-state index in [9.17, 15) is 0 Å². The van der Waals surface area contributed by atoms with Crippen molar-refractivity contribution in [2.75, 3.05) is 9.80 Å². The third kappa shape index (κ3) is 3.42. The van der Waals surface area contributed by atoms with Gasteiger partial charge in [-0.15, -0.1) is 0 Å². The van der Waals surface area contributed by atoms with Crippen LogP contribution in [0.5, 0.6) is 0 Å². The van der Waals surface area contributed by atoms with Crippen LogP contribution in [0.3, 0.4) is 0 Å². The highest BCUT2D eigenvalue weighted by atomic mass is 15.3. The number of rotatable bonds is 0. The first-order valence-electron chi connectivity index (χ1n) is 20.9. The summed E-state index contributed by atoms with van der Waals surface area (Å²) >= 11 is 0. The fraction of sp³-hybridized carbons (Fsp3) is 0.617. The van der Waals surface area contributed by atoms with Gasteiger partial charge < -0.3 is 9.80 Å². The third-order valence-corrected chi connectivity index (χ3v) is 17.5. The standard InChI is InChI=1S/C47H59BN2/c1-28-20-38-40-39(21-28)50-42-35(45(6)25-30-15-10-12-17-32(30)27-47(45,50)8)22-33(43(2,3)4)23-37(42)48(40)36-19-13-18-34-41(36)49(38)46(7)26-31-16-11-9-14-29(31)24-44(34,46)5/h13,18-23,29-32H,9-12,14-17,24-27H2,1-8H3. The molecule has 4 fully saturated rings. The average molecular weight is 663 g/mol. The van der Waals surface area contributed by atoms with Crippen LogP contribution in [-0.4, -0.2) is 17.8 Å². The Morgan fingerprint density at radius 1 is 0.620 bits per heavy atom. The molecule has 8 unspecified atom stereocenters. The second-order valence-electron chi connectivity index (χ2n) is 20.9. The Hall–Kier alpha value is -2.68. The molecule has 4 aliphatic carbocycles. The first-order chi connectivity index (χ1) is 23.8. The number of aryl methyl sites for hydroxylation is 1. The van der Waals surface area contributed by atoms with Crippen molar-refractivity contribution in [2.24, 2.45) is 23.7 Å². The molecule has 0 radical (unpaired) electrons. The van der Waals surface area contributed by atoms with E-state index < -0.39 is 0 Å². The van der Waals surface area contributed by atoms with Crippen LogP contribution >= 0.6 is 0 Å². The monoisotopic (exact) mass is 662 g/mol. The van der Waals surface area contributed by atoms with Gasteiger partial charge in [0.2, 0.25) is 0 Å². The van der Waals surface area contributed by atoms with Crippen molar-refractivity contribution in [3.63, 3.8) is 0 Å². The van der Waals surface area contributed by atoms with Crippen molar-refractivity contribution in [3.05, 3.63) is 64.7 Å². The molecular formula is C47H59BN2. The van der Waals surface area contributed by atoms with Crippen molar-refractivity contribution >= 4 is 45.9 Å². The number of hydrogen-bond acceptors (Lipinski definition) is 2. The number of nitrogens with zero attached hydrogens (tertiary/aromatic N) is 2. The Morgan fingerprint density at radius 2 is 1.12 bits per heavy atom. The van der Waals surface area contributed by atoms with E-state index in [1.54, 1.807) is 50.3 Å². The zero-order valence-electron chi connectivity index (χ0n) is 32.3. The maximum absolute atomic E-state index is 3.00. The van der Waals surface area contributed by atoms with Gasteiger partial charge in [0.1, 0.15) is 0 Å². The lowest BCUT2D eigenvalue weighted by Crippen LogP contribution is -2.67. The minimum absolute atomic E-state index is 0.0668. The molecule has 3 aromatic rings. The fourth-order valence-corrected chi connectivity index (χ4v) is 14.7. The SMILES string of the molecule is Cc1cc2c3c(c1)N1c4c(cc(C(C)(C)C)cc4C4(C)CC5CCCCC5CC14C)B3c1cccc3c1N2C1(C)CC2CCCCC2CC31C. The van der Waals surface area contributed by atoms with Crippen molar-refractivity contribution < 1.29 is 0 Å². The van der Waals surface area contributed by atoms with E-state index in [0.29, 0.717) is 0 Å². The van der Waals surface area contributed by atoms with Crippen LogP contribution in [0, 0.1) is 30.6 Å². The Bertz CT molecular complexity index is 1990. The molecule has 11 rings (SSSR count). The molecule has 4 saturated carbocycles. The van der Waals surface area contributed by atoms with Crippen molar-refractivity contribution in [1.82, 2.24) is 0 Å². The molecule has 3 aromatic carbocycles. The van der Waals surface area contributed by atoms with Gasteiger partial charge >= 0.3 is 0 Å². The molecule has 0 bridgehead atoms. The van der Waals surface area contributed by atoms with Gasteiger partial charge in [-0.1, -0.05) is 116 Å². The lowest BCUT2D eigenvalue weighted by atomic mass is 9.33. The summed E-state index contributed by atoms with van der Waals surface area (Å²) in [5, 5.41) is 0. The van der Waals surface area contributed by atoms with Crippen LogP contribution in [0.25, 0.3) is 0 Å². The van der Waals surface area contributed by atoms with Crippen LogP contribution < -0.4 is 26.2 Å². The van der Waals surface area contributed by atoms with E-state index in [1.807, 2.05) is 0 Å². The molecular weight excluding hydrogens is 603 g/mol. The maximum atomic E-state index is 3.00. The highest BCUT2D eigenvalue weighted by Gasteiger charge is 2.67. The molecule has 4 aliphatic heterocycles. The number of anilines is 4. The molecule has 2 nitrogen and oxygen atoms in total. The molecule has 260 valence electrons. The van der Waals surface area contributed by atoms with Crippen LogP contribution in [-0.2, 0) is 16.2 Å². The lowest BCUT2D eigenvalue weighted by Gasteiger charge is -2.58. The molecule has 8 atom stereocenters. The molecule has 50 heavy (non-hydrogen) atoms. The smallest absolute Gasteiger partial charge is 0.252 e. The summed E-state index contributed by atoms with van der Waals surface area (Å²) < 4.78 is 0. The van der Waals surface area contributed by atoms with Crippen molar-refractivity contribution in [1.29, 1.82) is 0 Å². The quantitative estimate of drug-likeness (QED) is 0.221. The van der Waals surface area contributed by atoms with Gasteiger partial charge in [0.25, 0.3) is 6.71 Å². The Labute approximate surface area is 302 Å². The summed E-state index contributed by atoms with van der Waals surface area (Å²) in [6, 6.07) is 18.3. The largest absolute Gasteiger partial charge is 0.335 e. The number of benzene rings is 3. The second kappa shape index (κ2) is 9.46. The van der Waals surface area contributed by atoms with Crippen molar-refractivity contribution in [2.45, 2.75) is 160 Å². The average Bonchev–Trinajstić information content (AvgIpc) is 3.40. The van der Waals surface area contributed by atoms with Crippen LogP contribution in [0.15, 0.2) is 42.5 Å². The summed E-state index contributed by atoms with van der Waals surface area (Å²) in [7, 11) is 0. The molecule has 4 heterocycles. The topological polar surface area (TPSA) is 6.48 Å². The number of hydrogen-bond donors (Lipinski definition) is 0. The van der Waals surface area contributed by atoms with Gasteiger partial charge in [0.15, 0.2) is 0 Å².